The molecule has 0 fully saturated rings. The van der Waals surface area contributed by atoms with E-state index in [-0.39, 0.29) is 11.8 Å². The third kappa shape index (κ3) is 4.42. The van der Waals surface area contributed by atoms with Gasteiger partial charge < -0.3 is 9.30 Å². The van der Waals surface area contributed by atoms with Crippen LogP contribution >= 0.6 is 11.8 Å². The van der Waals surface area contributed by atoms with Crippen LogP contribution in [0.2, 0.25) is 0 Å². The minimum atomic E-state index is -0.216. The molecule has 7 heteroatoms. The van der Waals surface area contributed by atoms with Crippen LogP contribution in [0.4, 0.5) is 0 Å². The van der Waals surface area contributed by atoms with Gasteiger partial charge in [-0.1, -0.05) is 30.0 Å². The maximum Gasteiger partial charge on any atom is 0.305 e. The van der Waals surface area contributed by atoms with E-state index >= 15 is 0 Å². The van der Waals surface area contributed by atoms with Gasteiger partial charge in [-0.2, -0.15) is 0 Å². The van der Waals surface area contributed by atoms with Crippen molar-refractivity contribution in [3.63, 3.8) is 0 Å². The average molecular weight is 398 g/mol. The molecule has 3 rings (SSSR count). The number of methoxy groups -OCH3 is 1. The lowest BCUT2D eigenvalue weighted by molar-refractivity contribution is -0.140. The van der Waals surface area contributed by atoms with Gasteiger partial charge >= 0.3 is 5.97 Å². The van der Waals surface area contributed by atoms with Gasteiger partial charge in [-0.3, -0.25) is 9.59 Å². The Balaban J connectivity index is 1.69. The highest BCUT2D eigenvalue weighted by Gasteiger charge is 2.17. The van der Waals surface area contributed by atoms with Gasteiger partial charge in [0.15, 0.2) is 5.78 Å². The van der Waals surface area contributed by atoms with Crippen molar-refractivity contribution in [3.8, 4) is 0 Å². The van der Waals surface area contributed by atoms with Crippen LogP contribution in [0.15, 0.2) is 41.7 Å². The molecule has 0 amide bonds. The number of nitrogens with zero attached hydrogens (tertiary/aromatic N) is 3. The Morgan fingerprint density at radius 2 is 1.96 bits per heavy atom. The summed E-state index contributed by atoms with van der Waals surface area (Å²) >= 11 is 1.43. The predicted molar refractivity (Wildman–Crippen MR) is 110 cm³/mol. The van der Waals surface area contributed by atoms with Gasteiger partial charge in [0.25, 0.3) is 0 Å². The summed E-state index contributed by atoms with van der Waals surface area (Å²) in [4.78, 5) is 32.7. The van der Waals surface area contributed by atoms with E-state index in [1.807, 2.05) is 44.2 Å². The van der Waals surface area contributed by atoms with Crippen molar-refractivity contribution < 1.29 is 14.3 Å². The molecule has 0 aliphatic carbocycles. The number of aryl methyl sites for hydroxylation is 1. The Morgan fingerprint density at radius 1 is 1.18 bits per heavy atom. The minimum Gasteiger partial charge on any atom is -0.469 e. The topological polar surface area (TPSA) is 74.1 Å². The summed E-state index contributed by atoms with van der Waals surface area (Å²) in [6, 6.07) is 9.71. The zero-order valence-electron chi connectivity index (χ0n) is 16.3. The fraction of sp³-hybridized carbons (Fsp3) is 0.333. The monoisotopic (exact) mass is 397 g/mol. The Morgan fingerprint density at radius 3 is 2.75 bits per heavy atom. The molecule has 3 aromatic rings. The molecule has 0 saturated heterocycles. The second kappa shape index (κ2) is 9.01. The number of fused-ring (bicyclic) bond motifs is 1. The van der Waals surface area contributed by atoms with Crippen molar-refractivity contribution in [2.24, 2.45) is 0 Å². The summed E-state index contributed by atoms with van der Waals surface area (Å²) < 4.78 is 6.77. The van der Waals surface area contributed by atoms with E-state index in [4.69, 9.17) is 0 Å². The number of Topliss-reactive ketones (excluding diaryl/α,β-unsaturated/α-hetero) is 1. The minimum absolute atomic E-state index is 0.0695. The number of rotatable bonds is 8. The molecule has 0 N–H and O–H groups in total. The molecule has 0 aliphatic rings. The first-order chi connectivity index (χ1) is 13.5. The van der Waals surface area contributed by atoms with E-state index in [0.29, 0.717) is 25.1 Å². The molecular weight excluding hydrogens is 374 g/mol. The van der Waals surface area contributed by atoms with Crippen LogP contribution in [-0.2, 0) is 16.1 Å². The standard InChI is InChI=1S/C21H23N3O3S/c1-14-11-17(15(2)24(14)10-6-9-20(26)27-3)19(25)12-28-21-16-7-4-5-8-18(16)22-13-23-21/h4-5,7-8,11,13H,6,9-10,12H2,1-3H3. The number of benzene rings is 1. The van der Waals surface area contributed by atoms with Crippen LogP contribution in [0.25, 0.3) is 10.9 Å². The number of ketones is 1. The molecule has 0 unspecified atom stereocenters. The van der Waals surface area contributed by atoms with E-state index in [1.54, 1.807) is 0 Å². The van der Waals surface area contributed by atoms with E-state index < -0.39 is 0 Å². The predicted octanol–water partition coefficient (Wildman–Crippen LogP) is 3.98. The lowest BCUT2D eigenvalue weighted by atomic mass is 10.2. The maximum atomic E-state index is 12.8. The van der Waals surface area contributed by atoms with E-state index in [2.05, 4.69) is 19.3 Å². The lowest BCUT2D eigenvalue weighted by Crippen LogP contribution is -2.09. The zero-order valence-corrected chi connectivity index (χ0v) is 17.1. The summed E-state index contributed by atoms with van der Waals surface area (Å²) in [6.45, 7) is 4.61. The number of hydrogen-bond acceptors (Lipinski definition) is 6. The molecule has 28 heavy (non-hydrogen) atoms. The van der Waals surface area contributed by atoms with Gasteiger partial charge in [-0.15, -0.1) is 0 Å². The van der Waals surface area contributed by atoms with Crippen molar-refractivity contribution in [2.75, 3.05) is 12.9 Å². The summed E-state index contributed by atoms with van der Waals surface area (Å²) in [5.74, 6) is 0.167. The van der Waals surface area contributed by atoms with E-state index in [0.717, 1.165) is 32.9 Å². The normalized spacial score (nSPS) is 11.0. The van der Waals surface area contributed by atoms with Gasteiger partial charge in [0, 0.05) is 35.3 Å². The van der Waals surface area contributed by atoms with E-state index in [9.17, 15) is 9.59 Å². The van der Waals surface area contributed by atoms with Gasteiger partial charge in [-0.25, -0.2) is 9.97 Å². The largest absolute Gasteiger partial charge is 0.469 e. The Labute approximate surface area is 168 Å². The molecule has 146 valence electrons. The first kappa shape index (κ1) is 20.1. The molecule has 2 heterocycles. The molecule has 0 radical (unpaired) electrons. The summed E-state index contributed by atoms with van der Waals surface area (Å²) in [5.41, 5.74) is 3.54. The highest BCUT2D eigenvalue weighted by Crippen LogP contribution is 2.26. The Bertz CT molecular complexity index is 1010. The lowest BCUT2D eigenvalue weighted by Gasteiger charge is -2.09. The second-order valence-electron chi connectivity index (χ2n) is 6.52. The molecular formula is C21H23N3O3S. The van der Waals surface area contributed by atoms with Crippen molar-refractivity contribution in [1.82, 2.24) is 14.5 Å². The van der Waals surface area contributed by atoms with Crippen LogP contribution < -0.4 is 0 Å². The van der Waals surface area contributed by atoms with E-state index in [1.165, 1.54) is 25.2 Å². The molecule has 1 aromatic carbocycles. The molecule has 0 spiro atoms. The van der Waals surface area contributed by atoms with Crippen molar-refractivity contribution in [1.29, 1.82) is 0 Å². The number of hydrogen-bond donors (Lipinski definition) is 0. The number of para-hydroxylation sites is 1. The highest BCUT2D eigenvalue weighted by molar-refractivity contribution is 8.00. The highest BCUT2D eigenvalue weighted by atomic mass is 32.2. The molecule has 2 aromatic heterocycles. The van der Waals surface area contributed by atoms with Gasteiger partial charge in [0.2, 0.25) is 0 Å². The quantitative estimate of drug-likeness (QED) is 0.248. The molecule has 0 atom stereocenters. The van der Waals surface area contributed by atoms with Gasteiger partial charge in [-0.05, 0) is 32.4 Å². The van der Waals surface area contributed by atoms with Crippen LogP contribution in [0.1, 0.15) is 34.6 Å². The van der Waals surface area contributed by atoms with Crippen molar-refractivity contribution in [2.45, 2.75) is 38.3 Å². The van der Waals surface area contributed by atoms with Crippen LogP contribution in [0.5, 0.6) is 0 Å². The van der Waals surface area contributed by atoms with Crippen LogP contribution in [0, 0.1) is 13.8 Å². The molecule has 0 saturated carbocycles. The maximum absolute atomic E-state index is 12.8. The van der Waals surface area contributed by atoms with Crippen molar-refractivity contribution >= 4 is 34.4 Å². The molecule has 0 aliphatic heterocycles. The summed E-state index contributed by atoms with van der Waals surface area (Å²) in [5, 5.41) is 1.77. The average Bonchev–Trinajstić information content (AvgIpc) is 3.00. The third-order valence-corrected chi connectivity index (χ3v) is 5.72. The summed E-state index contributed by atoms with van der Waals surface area (Å²) in [6.07, 6.45) is 2.58. The number of carbonyl (C=O) groups is 2. The zero-order chi connectivity index (χ0) is 20.1. The number of esters is 1. The van der Waals surface area contributed by atoms with Crippen LogP contribution in [0.3, 0.4) is 0 Å². The van der Waals surface area contributed by atoms with Crippen molar-refractivity contribution in [3.05, 3.63) is 53.6 Å². The molecule has 6 nitrogen and oxygen atoms in total. The van der Waals surface area contributed by atoms with Gasteiger partial charge in [0.1, 0.15) is 11.4 Å². The molecule has 0 bridgehead atoms. The second-order valence-corrected chi connectivity index (χ2v) is 7.49. The first-order valence-electron chi connectivity index (χ1n) is 9.10. The van der Waals surface area contributed by atoms with Crippen LogP contribution in [-0.4, -0.2) is 39.2 Å². The number of ether oxygens (including phenoxy) is 1. The Hall–Kier alpha value is -2.67. The fourth-order valence-corrected chi connectivity index (χ4v) is 4.09. The third-order valence-electron chi connectivity index (χ3n) is 4.71. The Kier molecular flexibility index (Phi) is 6.46. The fourth-order valence-electron chi connectivity index (χ4n) is 3.22. The van der Waals surface area contributed by atoms with Gasteiger partial charge in [0.05, 0.1) is 18.4 Å². The SMILES string of the molecule is COC(=O)CCCn1c(C)cc(C(=O)CSc2ncnc3ccccc23)c1C. The smallest absolute Gasteiger partial charge is 0.305 e. The first-order valence-corrected chi connectivity index (χ1v) is 10.1. The number of aromatic nitrogens is 3. The number of thioether (sulfide) groups is 1. The summed E-state index contributed by atoms with van der Waals surface area (Å²) in [7, 11) is 1.39. The number of carbonyl (C=O) groups excluding carboxylic acids is 2.